The molecular weight excluding hydrogens is 170 g/mol. The van der Waals surface area contributed by atoms with Gasteiger partial charge in [0.15, 0.2) is 6.73 Å². The highest BCUT2D eigenvalue weighted by Crippen LogP contribution is 2.09. The van der Waals surface area contributed by atoms with Gasteiger partial charge >= 0.3 is 0 Å². The van der Waals surface area contributed by atoms with Crippen molar-refractivity contribution in [2.45, 2.75) is 6.73 Å². The molecule has 2 rings (SSSR count). The summed E-state index contributed by atoms with van der Waals surface area (Å²) in [4.78, 5) is 5.02. The topological polar surface area (TPSA) is 76.7 Å². The van der Waals surface area contributed by atoms with Crippen LogP contribution in [0.2, 0.25) is 0 Å². The lowest BCUT2D eigenvalue weighted by molar-refractivity contribution is 0.175. The van der Waals surface area contributed by atoms with Crippen LogP contribution in [0.5, 0.6) is 0 Å². The van der Waals surface area contributed by atoms with Crippen molar-refractivity contribution in [3.63, 3.8) is 0 Å². The Labute approximate surface area is 73.9 Å². The van der Waals surface area contributed by atoms with Gasteiger partial charge in [0.2, 0.25) is 5.82 Å². The molecule has 0 aliphatic rings. The van der Waals surface area contributed by atoms with E-state index in [4.69, 9.17) is 5.11 Å². The Hall–Kier alpha value is -1.82. The van der Waals surface area contributed by atoms with Gasteiger partial charge in [0.25, 0.3) is 0 Å². The van der Waals surface area contributed by atoms with Crippen LogP contribution in [-0.4, -0.2) is 30.3 Å². The molecule has 0 aliphatic carbocycles. The minimum Gasteiger partial charge on any atom is -0.373 e. The molecule has 0 saturated heterocycles. The molecule has 1 N–H and O–H groups in total. The first-order valence-corrected chi connectivity index (χ1v) is 3.69. The van der Waals surface area contributed by atoms with Crippen LogP contribution < -0.4 is 0 Å². The number of rotatable bonds is 2. The third kappa shape index (κ3) is 1.52. The monoisotopic (exact) mass is 177 g/mol. The van der Waals surface area contributed by atoms with Crippen LogP contribution in [0.25, 0.3) is 11.4 Å². The van der Waals surface area contributed by atoms with Crippen LogP contribution >= 0.6 is 0 Å². The maximum absolute atomic E-state index is 8.68. The molecule has 0 bridgehead atoms. The van der Waals surface area contributed by atoms with Crippen LogP contribution in [-0.2, 0) is 6.73 Å². The van der Waals surface area contributed by atoms with Crippen molar-refractivity contribution in [1.82, 2.24) is 25.2 Å². The van der Waals surface area contributed by atoms with Crippen LogP contribution in [0.1, 0.15) is 0 Å². The number of pyridine rings is 1. The second-order valence-corrected chi connectivity index (χ2v) is 2.37. The van der Waals surface area contributed by atoms with Crippen LogP contribution in [0.15, 0.2) is 24.5 Å². The number of aliphatic hydroxyl groups is 1. The number of aromatic nitrogens is 5. The van der Waals surface area contributed by atoms with E-state index >= 15 is 0 Å². The van der Waals surface area contributed by atoms with E-state index in [1.807, 2.05) is 6.07 Å². The Morgan fingerprint density at radius 2 is 2.38 bits per heavy atom. The summed E-state index contributed by atoms with van der Waals surface area (Å²) in [5, 5.41) is 19.9. The van der Waals surface area contributed by atoms with E-state index in [9.17, 15) is 0 Å². The molecule has 66 valence electrons. The number of aliphatic hydroxyl groups excluding tert-OH is 1. The van der Waals surface area contributed by atoms with Gasteiger partial charge in [0.1, 0.15) is 0 Å². The largest absolute Gasteiger partial charge is 0.373 e. The molecule has 0 radical (unpaired) electrons. The van der Waals surface area contributed by atoms with Crippen molar-refractivity contribution in [1.29, 1.82) is 0 Å². The van der Waals surface area contributed by atoms with Gasteiger partial charge in [-0.05, 0) is 17.3 Å². The van der Waals surface area contributed by atoms with Crippen molar-refractivity contribution < 1.29 is 5.11 Å². The fraction of sp³-hybridized carbons (Fsp3) is 0.143. The highest BCUT2D eigenvalue weighted by Gasteiger charge is 2.03. The highest BCUT2D eigenvalue weighted by molar-refractivity contribution is 5.51. The molecule has 6 heteroatoms. The zero-order chi connectivity index (χ0) is 9.10. The van der Waals surface area contributed by atoms with Crippen LogP contribution in [0.4, 0.5) is 0 Å². The molecule has 2 aromatic rings. The molecule has 0 saturated carbocycles. The highest BCUT2D eigenvalue weighted by atomic mass is 16.3. The maximum atomic E-state index is 8.68. The van der Waals surface area contributed by atoms with Gasteiger partial charge in [-0.25, -0.2) is 0 Å². The number of tetrazole rings is 1. The van der Waals surface area contributed by atoms with E-state index in [2.05, 4.69) is 20.4 Å². The molecule has 0 aliphatic heterocycles. The summed E-state index contributed by atoms with van der Waals surface area (Å²) in [6, 6.07) is 3.61. The van der Waals surface area contributed by atoms with Gasteiger partial charge in [0, 0.05) is 18.0 Å². The van der Waals surface area contributed by atoms with E-state index in [0.29, 0.717) is 5.82 Å². The smallest absolute Gasteiger partial charge is 0.206 e. The first kappa shape index (κ1) is 7.81. The molecule has 2 aromatic heterocycles. The Kier molecular flexibility index (Phi) is 1.97. The van der Waals surface area contributed by atoms with E-state index in [1.54, 1.807) is 18.5 Å². The van der Waals surface area contributed by atoms with Crippen molar-refractivity contribution in [3.8, 4) is 11.4 Å². The Morgan fingerprint density at radius 3 is 3.00 bits per heavy atom. The third-order valence-corrected chi connectivity index (χ3v) is 1.50. The second-order valence-electron chi connectivity index (χ2n) is 2.37. The molecule has 0 fully saturated rings. The summed E-state index contributed by atoms with van der Waals surface area (Å²) in [5.41, 5.74) is 0.780. The molecule has 0 spiro atoms. The first-order chi connectivity index (χ1) is 6.40. The molecule has 6 nitrogen and oxygen atoms in total. The van der Waals surface area contributed by atoms with Crippen molar-refractivity contribution in [2.24, 2.45) is 0 Å². The summed E-state index contributed by atoms with van der Waals surface area (Å²) in [6.07, 6.45) is 3.30. The first-order valence-electron chi connectivity index (χ1n) is 3.69. The number of hydrogen-bond acceptors (Lipinski definition) is 5. The van der Waals surface area contributed by atoms with Crippen LogP contribution in [0.3, 0.4) is 0 Å². The lowest BCUT2D eigenvalue weighted by Gasteiger charge is -1.90. The van der Waals surface area contributed by atoms with E-state index < -0.39 is 0 Å². The molecule has 0 aromatic carbocycles. The Morgan fingerprint density at radius 1 is 1.46 bits per heavy atom. The van der Waals surface area contributed by atoms with Crippen molar-refractivity contribution in [3.05, 3.63) is 24.5 Å². The fourth-order valence-electron chi connectivity index (χ4n) is 0.914. The summed E-state index contributed by atoms with van der Waals surface area (Å²) >= 11 is 0. The van der Waals surface area contributed by atoms with Gasteiger partial charge < -0.3 is 5.11 Å². The average molecular weight is 177 g/mol. The molecular formula is C7H7N5O. The summed E-state index contributed by atoms with van der Waals surface area (Å²) in [5.74, 6) is 0.460. The molecule has 0 amide bonds. The summed E-state index contributed by atoms with van der Waals surface area (Å²) in [6.45, 7) is -0.271. The van der Waals surface area contributed by atoms with Gasteiger partial charge in [-0.15, -0.1) is 15.0 Å². The lowest BCUT2D eigenvalue weighted by atomic mass is 10.3. The number of hydrogen-bond donors (Lipinski definition) is 1. The lowest BCUT2D eigenvalue weighted by Crippen LogP contribution is -2.00. The number of nitrogens with zero attached hydrogens (tertiary/aromatic N) is 5. The fourth-order valence-corrected chi connectivity index (χ4v) is 0.914. The predicted molar refractivity (Wildman–Crippen MR) is 43.3 cm³/mol. The minimum absolute atomic E-state index is 0.271. The normalized spacial score (nSPS) is 10.2. The molecule has 13 heavy (non-hydrogen) atoms. The zero-order valence-corrected chi connectivity index (χ0v) is 6.70. The average Bonchev–Trinajstić information content (AvgIpc) is 2.67. The molecule has 0 unspecified atom stereocenters. The molecule has 2 heterocycles. The quantitative estimate of drug-likeness (QED) is 0.680. The predicted octanol–water partition coefficient (Wildman–Crippen LogP) is -0.315. The Bertz CT molecular complexity index is 385. The Balaban J connectivity index is 2.36. The van der Waals surface area contributed by atoms with E-state index in [-0.39, 0.29) is 6.73 Å². The van der Waals surface area contributed by atoms with E-state index in [0.717, 1.165) is 10.4 Å². The van der Waals surface area contributed by atoms with Crippen LogP contribution in [0, 0.1) is 0 Å². The minimum atomic E-state index is -0.271. The van der Waals surface area contributed by atoms with E-state index in [1.165, 1.54) is 0 Å². The van der Waals surface area contributed by atoms with Gasteiger partial charge in [-0.2, -0.15) is 0 Å². The van der Waals surface area contributed by atoms with Gasteiger partial charge in [0.05, 0.1) is 0 Å². The standard InChI is InChI=1S/C7H7N5O/c13-5-12-10-7(9-11-12)6-2-1-3-8-4-6/h1-4,13H,5H2. The SMILES string of the molecule is OCn1nnc(-c2cccnc2)n1. The molecule has 0 atom stereocenters. The zero-order valence-electron chi connectivity index (χ0n) is 6.70. The summed E-state index contributed by atoms with van der Waals surface area (Å²) < 4.78 is 0. The van der Waals surface area contributed by atoms with Crippen molar-refractivity contribution >= 4 is 0 Å². The summed E-state index contributed by atoms with van der Waals surface area (Å²) in [7, 11) is 0. The third-order valence-electron chi connectivity index (χ3n) is 1.50. The van der Waals surface area contributed by atoms with Crippen molar-refractivity contribution in [2.75, 3.05) is 0 Å². The van der Waals surface area contributed by atoms with Gasteiger partial charge in [-0.1, -0.05) is 0 Å². The van der Waals surface area contributed by atoms with Gasteiger partial charge in [-0.3, -0.25) is 4.98 Å². The second kappa shape index (κ2) is 3.28. The maximum Gasteiger partial charge on any atom is 0.206 e.